The first kappa shape index (κ1) is 29.3. The van der Waals surface area contributed by atoms with Crippen LogP contribution in [0.2, 0.25) is 0 Å². The van der Waals surface area contributed by atoms with Crippen LogP contribution in [0.4, 0.5) is 18.9 Å². The molecule has 1 aliphatic rings. The Labute approximate surface area is 220 Å². The monoisotopic (exact) mass is 555 g/mol. The maximum atomic E-state index is 14.3. The van der Waals surface area contributed by atoms with E-state index in [9.17, 15) is 31.2 Å². The summed E-state index contributed by atoms with van der Waals surface area (Å²) in [6, 6.07) is 8.23. The molecule has 2 aromatic rings. The van der Waals surface area contributed by atoms with Gasteiger partial charge in [0.1, 0.15) is 17.6 Å². The van der Waals surface area contributed by atoms with Crippen molar-refractivity contribution >= 4 is 27.3 Å². The van der Waals surface area contributed by atoms with Crippen LogP contribution in [-0.4, -0.2) is 62.7 Å². The summed E-state index contributed by atoms with van der Waals surface area (Å²) in [6.07, 6.45) is 2.33. The van der Waals surface area contributed by atoms with Gasteiger partial charge in [-0.2, -0.15) is 8.78 Å². The molecule has 1 unspecified atom stereocenters. The van der Waals surface area contributed by atoms with E-state index in [0.29, 0.717) is 25.9 Å². The maximum Gasteiger partial charge on any atom is 0.387 e. The number of piperidine rings is 1. The number of alkyl halides is 2. The smallest absolute Gasteiger partial charge is 0.387 e. The lowest BCUT2D eigenvalue weighted by atomic mass is 9.88. The second kappa shape index (κ2) is 11.6. The van der Waals surface area contributed by atoms with Crippen LogP contribution in [0.1, 0.15) is 44.0 Å². The van der Waals surface area contributed by atoms with Crippen molar-refractivity contribution in [2.45, 2.75) is 56.7 Å². The fourth-order valence-electron chi connectivity index (χ4n) is 4.26. The molecule has 1 fully saturated rings. The average Bonchev–Trinajstić information content (AvgIpc) is 2.82. The molecule has 2 N–H and O–H groups in total. The molecule has 1 atom stereocenters. The van der Waals surface area contributed by atoms with Crippen molar-refractivity contribution < 1.29 is 35.9 Å². The zero-order chi connectivity index (χ0) is 28.3. The predicted molar refractivity (Wildman–Crippen MR) is 137 cm³/mol. The van der Waals surface area contributed by atoms with Crippen molar-refractivity contribution in [2.24, 2.45) is 5.92 Å². The van der Waals surface area contributed by atoms with E-state index >= 15 is 0 Å². The van der Waals surface area contributed by atoms with Crippen molar-refractivity contribution in [3.8, 4) is 5.75 Å². The number of ether oxygens (including phenoxy) is 1. The molecule has 1 heterocycles. The van der Waals surface area contributed by atoms with Crippen LogP contribution in [-0.2, 0) is 14.6 Å². The van der Waals surface area contributed by atoms with E-state index in [1.54, 1.807) is 30.9 Å². The molecule has 1 aliphatic heterocycles. The zero-order valence-corrected chi connectivity index (χ0v) is 22.4. The minimum absolute atomic E-state index is 0.226. The summed E-state index contributed by atoms with van der Waals surface area (Å²) in [5.41, 5.74) is -0.0974. The summed E-state index contributed by atoms with van der Waals surface area (Å²) in [5.74, 6) is -2.85. The summed E-state index contributed by atoms with van der Waals surface area (Å²) in [4.78, 5) is 28.0. The van der Waals surface area contributed by atoms with Gasteiger partial charge in [0.15, 0.2) is 9.84 Å². The molecular formula is C26H32F3N3O5S. The van der Waals surface area contributed by atoms with Gasteiger partial charge >= 0.3 is 6.61 Å². The summed E-state index contributed by atoms with van der Waals surface area (Å²) in [6.45, 7) is 3.16. The molecule has 8 nitrogen and oxygen atoms in total. The highest BCUT2D eigenvalue weighted by atomic mass is 32.2. The van der Waals surface area contributed by atoms with Crippen molar-refractivity contribution in [1.82, 2.24) is 10.2 Å². The highest BCUT2D eigenvalue weighted by molar-refractivity contribution is 7.90. The van der Waals surface area contributed by atoms with Crippen molar-refractivity contribution in [3.05, 3.63) is 53.8 Å². The molecule has 0 aromatic heterocycles. The van der Waals surface area contributed by atoms with Gasteiger partial charge in [0, 0.05) is 30.6 Å². The number of halogens is 3. The molecule has 12 heteroatoms. The summed E-state index contributed by atoms with van der Waals surface area (Å²) < 4.78 is 66.9. The standard InChI is InChI=1S/C26H32F3N3O5S/c1-16(2)22(30-23(33)20-15-18(37-25(28)29)7-10-21(20)27)24(34)32-13-11-26(3,12-14-32)31-17-5-8-19(9-6-17)38(4,35)36/h5-10,15-16,22,25,31H,11-14H2,1-4H3,(H,30,33). The molecule has 2 aromatic carbocycles. The largest absolute Gasteiger partial charge is 0.435 e. The fourth-order valence-corrected chi connectivity index (χ4v) is 4.89. The van der Waals surface area contributed by atoms with E-state index < -0.39 is 39.8 Å². The molecule has 0 saturated carbocycles. The Morgan fingerprint density at radius 3 is 2.18 bits per heavy atom. The third-order valence-corrected chi connectivity index (χ3v) is 7.66. The number of benzene rings is 2. The fraction of sp³-hybridized carbons (Fsp3) is 0.462. The number of amides is 2. The van der Waals surface area contributed by atoms with Crippen LogP contribution in [0.15, 0.2) is 47.4 Å². The second-order valence-corrected chi connectivity index (χ2v) is 12.0. The number of sulfone groups is 1. The van der Waals surface area contributed by atoms with Gasteiger partial charge in [-0.05, 0) is 68.1 Å². The van der Waals surface area contributed by atoms with Gasteiger partial charge in [-0.15, -0.1) is 0 Å². The average molecular weight is 556 g/mol. The van der Waals surface area contributed by atoms with Crippen LogP contribution in [0, 0.1) is 11.7 Å². The summed E-state index contributed by atoms with van der Waals surface area (Å²) >= 11 is 0. The Morgan fingerprint density at radius 1 is 1.05 bits per heavy atom. The van der Waals surface area contributed by atoms with Crippen LogP contribution in [0.3, 0.4) is 0 Å². The molecule has 38 heavy (non-hydrogen) atoms. The Balaban J connectivity index is 1.65. The highest BCUT2D eigenvalue weighted by Crippen LogP contribution is 2.28. The molecule has 3 rings (SSSR count). The topological polar surface area (TPSA) is 105 Å². The van der Waals surface area contributed by atoms with Crippen molar-refractivity contribution in [2.75, 3.05) is 24.7 Å². The van der Waals surface area contributed by atoms with Gasteiger partial charge < -0.3 is 20.3 Å². The molecule has 0 aliphatic carbocycles. The Morgan fingerprint density at radius 2 is 1.66 bits per heavy atom. The van der Waals surface area contributed by atoms with Crippen LogP contribution >= 0.6 is 0 Å². The zero-order valence-electron chi connectivity index (χ0n) is 21.6. The molecule has 0 spiro atoms. The van der Waals surface area contributed by atoms with Gasteiger partial charge in [-0.25, -0.2) is 12.8 Å². The molecule has 0 radical (unpaired) electrons. The first-order valence-electron chi connectivity index (χ1n) is 12.1. The van der Waals surface area contributed by atoms with Crippen molar-refractivity contribution in [3.63, 3.8) is 0 Å². The normalized spacial score (nSPS) is 16.3. The predicted octanol–water partition coefficient (Wildman–Crippen LogP) is 4.08. The SMILES string of the molecule is CC(C)C(NC(=O)c1cc(OC(F)F)ccc1F)C(=O)N1CCC(C)(Nc2ccc(S(C)(=O)=O)cc2)CC1. The number of nitrogens with one attached hydrogen (secondary N) is 2. The lowest BCUT2D eigenvalue weighted by Crippen LogP contribution is -2.56. The number of carbonyl (C=O) groups is 2. The minimum atomic E-state index is -3.29. The first-order chi connectivity index (χ1) is 17.7. The van der Waals surface area contributed by atoms with E-state index in [-0.39, 0.29) is 28.0 Å². The Kier molecular flexibility index (Phi) is 8.96. The van der Waals surface area contributed by atoms with Gasteiger partial charge in [0.05, 0.1) is 10.5 Å². The quantitative estimate of drug-likeness (QED) is 0.483. The molecule has 1 saturated heterocycles. The maximum absolute atomic E-state index is 14.3. The Bertz CT molecular complexity index is 1260. The number of rotatable bonds is 9. The number of hydrogen-bond acceptors (Lipinski definition) is 6. The van der Waals surface area contributed by atoms with Gasteiger partial charge in [-0.1, -0.05) is 13.8 Å². The lowest BCUT2D eigenvalue weighted by molar-refractivity contribution is -0.135. The highest BCUT2D eigenvalue weighted by Gasteiger charge is 2.36. The van der Waals surface area contributed by atoms with Gasteiger partial charge in [0.25, 0.3) is 5.91 Å². The van der Waals surface area contributed by atoms with Crippen molar-refractivity contribution in [1.29, 1.82) is 0 Å². The van der Waals surface area contributed by atoms with E-state index in [2.05, 4.69) is 15.4 Å². The summed E-state index contributed by atoms with van der Waals surface area (Å²) in [7, 11) is -3.29. The lowest BCUT2D eigenvalue weighted by Gasteiger charge is -2.42. The van der Waals surface area contributed by atoms with Gasteiger partial charge in [-0.3, -0.25) is 9.59 Å². The minimum Gasteiger partial charge on any atom is -0.435 e. The third-order valence-electron chi connectivity index (χ3n) is 6.53. The van der Waals surface area contributed by atoms with E-state index in [1.165, 1.54) is 12.1 Å². The van der Waals surface area contributed by atoms with Crippen LogP contribution in [0.5, 0.6) is 5.75 Å². The number of hydrogen-bond donors (Lipinski definition) is 2. The summed E-state index contributed by atoms with van der Waals surface area (Å²) in [5, 5.41) is 5.97. The number of likely N-dealkylation sites (tertiary alicyclic amines) is 1. The number of anilines is 1. The van der Waals surface area contributed by atoms with E-state index in [1.807, 2.05) is 6.92 Å². The number of nitrogens with zero attached hydrogens (tertiary/aromatic N) is 1. The van der Waals surface area contributed by atoms with E-state index in [0.717, 1.165) is 30.1 Å². The molecule has 0 bridgehead atoms. The third kappa shape index (κ3) is 7.40. The second-order valence-electron chi connectivity index (χ2n) is 10.0. The first-order valence-corrected chi connectivity index (χ1v) is 14.0. The van der Waals surface area contributed by atoms with Crippen LogP contribution < -0.4 is 15.4 Å². The molecular weight excluding hydrogens is 523 g/mol. The Hall–Kier alpha value is -3.28. The van der Waals surface area contributed by atoms with E-state index in [4.69, 9.17) is 0 Å². The van der Waals surface area contributed by atoms with Crippen LogP contribution in [0.25, 0.3) is 0 Å². The van der Waals surface area contributed by atoms with Gasteiger partial charge in [0.2, 0.25) is 5.91 Å². The molecule has 2 amide bonds. The number of carbonyl (C=O) groups excluding carboxylic acids is 2. The molecule has 208 valence electrons.